The molecule has 0 amide bonds. The highest BCUT2D eigenvalue weighted by molar-refractivity contribution is 5.74. The van der Waals surface area contributed by atoms with Crippen LogP contribution in [0.5, 0.6) is 0 Å². The molecule has 3 aliphatic carbocycles. The Bertz CT molecular complexity index is 381. The molecule has 1 N–H and O–H groups in total. The number of fused-ring (bicyclic) bond motifs is 2. The van der Waals surface area contributed by atoms with Crippen LogP contribution in [0.25, 0.3) is 0 Å². The van der Waals surface area contributed by atoms with Gasteiger partial charge < -0.3 is 5.11 Å². The van der Waals surface area contributed by atoms with Crippen LogP contribution in [-0.4, -0.2) is 11.1 Å². The second kappa shape index (κ2) is 4.96. The predicted molar refractivity (Wildman–Crippen MR) is 75.8 cm³/mol. The third-order valence-corrected chi connectivity index (χ3v) is 6.10. The fraction of sp³-hybridized carbons (Fsp3) is 0.824. The van der Waals surface area contributed by atoms with Crippen molar-refractivity contribution in [2.24, 2.45) is 29.1 Å². The summed E-state index contributed by atoms with van der Waals surface area (Å²) in [4.78, 5) is 11.9. The van der Waals surface area contributed by atoms with Crippen molar-refractivity contribution in [3.05, 3.63) is 12.2 Å². The fourth-order valence-electron chi connectivity index (χ4n) is 4.84. The van der Waals surface area contributed by atoms with Gasteiger partial charge in [0.05, 0.1) is 5.41 Å². The van der Waals surface area contributed by atoms with E-state index in [0.717, 1.165) is 25.2 Å². The first-order chi connectivity index (χ1) is 9.09. The highest BCUT2D eigenvalue weighted by Gasteiger charge is 2.46. The smallest absolute Gasteiger partial charge is 0.309 e. The van der Waals surface area contributed by atoms with E-state index in [1.807, 2.05) is 6.92 Å². The molecule has 2 bridgehead atoms. The summed E-state index contributed by atoms with van der Waals surface area (Å²) in [6.45, 7) is 2.03. The molecule has 4 unspecified atom stereocenters. The lowest BCUT2D eigenvalue weighted by Gasteiger charge is -2.39. The summed E-state index contributed by atoms with van der Waals surface area (Å²) in [5.74, 6) is 1.90. The average molecular weight is 262 g/mol. The van der Waals surface area contributed by atoms with Crippen LogP contribution in [0.2, 0.25) is 0 Å². The first-order valence-electron chi connectivity index (χ1n) is 8.01. The number of allylic oxidation sites excluding steroid dienone is 2. The van der Waals surface area contributed by atoms with E-state index in [0.29, 0.717) is 17.8 Å². The number of carbonyl (C=O) groups is 1. The Labute approximate surface area is 116 Å². The van der Waals surface area contributed by atoms with Gasteiger partial charge in [-0.1, -0.05) is 31.4 Å². The van der Waals surface area contributed by atoms with Gasteiger partial charge >= 0.3 is 5.97 Å². The molecule has 0 spiro atoms. The van der Waals surface area contributed by atoms with Crippen molar-refractivity contribution in [3.63, 3.8) is 0 Å². The molecule has 0 heterocycles. The summed E-state index contributed by atoms with van der Waals surface area (Å²) in [6, 6.07) is 0. The largest absolute Gasteiger partial charge is 0.481 e. The van der Waals surface area contributed by atoms with Crippen molar-refractivity contribution in [1.29, 1.82) is 0 Å². The van der Waals surface area contributed by atoms with Gasteiger partial charge in [0.1, 0.15) is 0 Å². The van der Waals surface area contributed by atoms with Gasteiger partial charge in [-0.05, 0) is 62.7 Å². The molecule has 106 valence electrons. The zero-order valence-electron chi connectivity index (χ0n) is 12.0. The lowest BCUT2D eigenvalue weighted by Crippen LogP contribution is -2.39. The lowest BCUT2D eigenvalue weighted by atomic mass is 9.64. The average Bonchev–Trinajstić information content (AvgIpc) is 3.01. The Morgan fingerprint density at radius 3 is 2.47 bits per heavy atom. The topological polar surface area (TPSA) is 37.3 Å². The summed E-state index contributed by atoms with van der Waals surface area (Å²) < 4.78 is 0. The standard InChI is InChI=1S/C17H26O2/c1-17(16(18)19,15-5-3-2-4-6-15)11-14-10-12-7-8-13(14)9-12/h7-8,12-15H,2-6,9-11H2,1H3,(H,18,19). The number of hydrogen-bond donors (Lipinski definition) is 1. The zero-order valence-corrected chi connectivity index (χ0v) is 12.0. The Morgan fingerprint density at radius 2 is 1.95 bits per heavy atom. The van der Waals surface area contributed by atoms with Crippen LogP contribution in [0.1, 0.15) is 58.3 Å². The van der Waals surface area contributed by atoms with Gasteiger partial charge in [-0.25, -0.2) is 0 Å². The van der Waals surface area contributed by atoms with Gasteiger partial charge in [0.25, 0.3) is 0 Å². The van der Waals surface area contributed by atoms with Crippen LogP contribution >= 0.6 is 0 Å². The lowest BCUT2D eigenvalue weighted by molar-refractivity contribution is -0.154. The summed E-state index contributed by atoms with van der Waals surface area (Å²) in [5, 5.41) is 9.80. The second-order valence-corrected chi connectivity index (χ2v) is 7.30. The molecule has 2 fully saturated rings. The minimum Gasteiger partial charge on any atom is -0.481 e. The van der Waals surface area contributed by atoms with Gasteiger partial charge in [-0.3, -0.25) is 4.79 Å². The fourth-order valence-corrected chi connectivity index (χ4v) is 4.84. The number of aliphatic carboxylic acids is 1. The number of rotatable bonds is 4. The van der Waals surface area contributed by atoms with Crippen molar-refractivity contribution in [2.75, 3.05) is 0 Å². The maximum atomic E-state index is 11.9. The van der Waals surface area contributed by atoms with E-state index in [2.05, 4.69) is 12.2 Å². The number of carboxylic acids is 1. The molecule has 2 nitrogen and oxygen atoms in total. The third kappa shape index (κ3) is 2.34. The van der Waals surface area contributed by atoms with Crippen LogP contribution in [0, 0.1) is 29.1 Å². The monoisotopic (exact) mass is 262 g/mol. The molecule has 0 saturated heterocycles. The van der Waals surface area contributed by atoms with E-state index in [4.69, 9.17) is 0 Å². The molecular weight excluding hydrogens is 236 g/mol. The number of carboxylic acid groups (broad SMARTS) is 1. The van der Waals surface area contributed by atoms with Crippen molar-refractivity contribution in [3.8, 4) is 0 Å². The van der Waals surface area contributed by atoms with Crippen molar-refractivity contribution in [1.82, 2.24) is 0 Å². The normalized spacial score (nSPS) is 37.4. The Balaban J connectivity index is 1.73. The quantitative estimate of drug-likeness (QED) is 0.769. The van der Waals surface area contributed by atoms with Gasteiger partial charge in [0.2, 0.25) is 0 Å². The van der Waals surface area contributed by atoms with Crippen molar-refractivity contribution >= 4 is 5.97 Å². The summed E-state index contributed by atoms with van der Waals surface area (Å²) in [5.41, 5.74) is -0.483. The van der Waals surface area contributed by atoms with E-state index >= 15 is 0 Å². The van der Waals surface area contributed by atoms with E-state index < -0.39 is 11.4 Å². The summed E-state index contributed by atoms with van der Waals surface area (Å²) in [7, 11) is 0. The molecular formula is C17H26O2. The van der Waals surface area contributed by atoms with Crippen LogP contribution < -0.4 is 0 Å². The summed E-state index contributed by atoms with van der Waals surface area (Å²) in [6.07, 6.45) is 14.1. The first kappa shape index (κ1) is 13.2. The molecule has 3 aliphatic rings. The number of hydrogen-bond acceptors (Lipinski definition) is 1. The molecule has 19 heavy (non-hydrogen) atoms. The second-order valence-electron chi connectivity index (χ2n) is 7.30. The molecule has 4 atom stereocenters. The van der Waals surface area contributed by atoms with E-state index in [1.54, 1.807) is 0 Å². The minimum atomic E-state index is -0.550. The van der Waals surface area contributed by atoms with Crippen LogP contribution in [0.15, 0.2) is 12.2 Å². The maximum Gasteiger partial charge on any atom is 0.309 e. The Kier molecular flexibility index (Phi) is 3.44. The highest BCUT2D eigenvalue weighted by atomic mass is 16.4. The van der Waals surface area contributed by atoms with E-state index in [-0.39, 0.29) is 0 Å². The molecule has 0 aliphatic heterocycles. The molecule has 0 aromatic rings. The zero-order chi connectivity index (χ0) is 13.5. The third-order valence-electron chi connectivity index (χ3n) is 6.10. The molecule has 0 aromatic carbocycles. The first-order valence-corrected chi connectivity index (χ1v) is 8.01. The molecule has 0 aromatic heterocycles. The molecule has 0 radical (unpaired) electrons. The SMILES string of the molecule is CC(CC1CC2C=CC1C2)(C(=O)O)C1CCCCC1. The predicted octanol–water partition coefficient (Wildman–Crippen LogP) is 4.26. The summed E-state index contributed by atoms with van der Waals surface area (Å²) >= 11 is 0. The molecule has 3 rings (SSSR count). The van der Waals surface area contributed by atoms with Gasteiger partial charge in [-0.2, -0.15) is 0 Å². The van der Waals surface area contributed by atoms with E-state index in [1.165, 1.54) is 32.1 Å². The maximum absolute atomic E-state index is 11.9. The van der Waals surface area contributed by atoms with Crippen molar-refractivity contribution < 1.29 is 9.90 Å². The van der Waals surface area contributed by atoms with E-state index in [9.17, 15) is 9.90 Å². The van der Waals surface area contributed by atoms with Gasteiger partial charge in [0.15, 0.2) is 0 Å². The minimum absolute atomic E-state index is 0.404. The van der Waals surface area contributed by atoms with Crippen LogP contribution in [0.3, 0.4) is 0 Å². The van der Waals surface area contributed by atoms with Crippen LogP contribution in [0.4, 0.5) is 0 Å². The molecule has 2 heteroatoms. The van der Waals surface area contributed by atoms with Gasteiger partial charge in [-0.15, -0.1) is 0 Å². The Morgan fingerprint density at radius 1 is 1.21 bits per heavy atom. The molecule has 2 saturated carbocycles. The van der Waals surface area contributed by atoms with Gasteiger partial charge in [0, 0.05) is 0 Å². The Hall–Kier alpha value is -0.790. The van der Waals surface area contributed by atoms with Crippen molar-refractivity contribution in [2.45, 2.75) is 58.3 Å². The highest BCUT2D eigenvalue weighted by Crippen LogP contribution is 2.51. The van der Waals surface area contributed by atoms with Crippen LogP contribution in [-0.2, 0) is 4.79 Å².